The van der Waals surface area contributed by atoms with Crippen molar-refractivity contribution in [2.24, 2.45) is 0 Å². The van der Waals surface area contributed by atoms with Crippen LogP contribution in [0.2, 0.25) is 0 Å². The van der Waals surface area contributed by atoms with E-state index in [0.717, 1.165) is 21.0 Å². The quantitative estimate of drug-likeness (QED) is 0.211. The van der Waals surface area contributed by atoms with Crippen LogP contribution in [0.1, 0.15) is 13.8 Å². The summed E-state index contributed by atoms with van der Waals surface area (Å²) in [5.41, 5.74) is 0. The van der Waals surface area contributed by atoms with Gasteiger partial charge in [-0.25, -0.2) is 4.79 Å². The summed E-state index contributed by atoms with van der Waals surface area (Å²) in [6.07, 6.45) is -8.33. The SMILES string of the molecule is COC(=O)C1O[C@@H](OC(=N)C(Cl)(Cl)Cl)[C@@H](O)C(OC(C)=O)[C@@H]1OC(C)=O. The number of esters is 3. The molecule has 148 valence electrons. The van der Waals surface area contributed by atoms with Crippen LogP contribution in [-0.2, 0) is 38.1 Å². The summed E-state index contributed by atoms with van der Waals surface area (Å²) in [6, 6.07) is 0. The first-order valence-electron chi connectivity index (χ1n) is 6.96. The largest absolute Gasteiger partial charge is 0.467 e. The minimum atomic E-state index is -2.28. The number of nitrogens with one attached hydrogen (secondary N) is 1. The molecule has 2 unspecified atom stereocenters. The minimum Gasteiger partial charge on any atom is -0.467 e. The molecule has 10 nitrogen and oxygen atoms in total. The highest BCUT2D eigenvalue weighted by Crippen LogP contribution is 2.32. The minimum absolute atomic E-state index is 0.842. The molecule has 1 fully saturated rings. The van der Waals surface area contributed by atoms with Gasteiger partial charge in [-0.2, -0.15) is 0 Å². The average molecular weight is 437 g/mol. The number of carbonyl (C=O) groups is 3. The molecular weight excluding hydrogens is 421 g/mol. The van der Waals surface area contributed by atoms with Crippen LogP contribution in [0.15, 0.2) is 0 Å². The van der Waals surface area contributed by atoms with Gasteiger partial charge in [0, 0.05) is 13.8 Å². The smallest absolute Gasteiger partial charge is 0.339 e. The molecule has 13 heteroatoms. The second kappa shape index (κ2) is 9.05. The van der Waals surface area contributed by atoms with Crippen molar-refractivity contribution in [2.75, 3.05) is 7.11 Å². The molecule has 0 aromatic heterocycles. The Morgan fingerprint density at radius 2 is 1.54 bits per heavy atom. The number of hydrogen-bond donors (Lipinski definition) is 2. The second-order valence-corrected chi connectivity index (χ2v) is 7.31. The Morgan fingerprint density at radius 1 is 1.04 bits per heavy atom. The number of hydrogen-bond acceptors (Lipinski definition) is 10. The highest BCUT2D eigenvalue weighted by atomic mass is 35.6. The number of ether oxygens (including phenoxy) is 5. The fourth-order valence-electron chi connectivity index (χ4n) is 2.06. The maximum atomic E-state index is 12.0. The number of aliphatic hydroxyl groups is 1. The van der Waals surface area contributed by atoms with Gasteiger partial charge in [0.1, 0.15) is 0 Å². The monoisotopic (exact) mass is 435 g/mol. The Balaban J connectivity index is 3.21. The van der Waals surface area contributed by atoms with Crippen molar-refractivity contribution in [3.63, 3.8) is 0 Å². The maximum absolute atomic E-state index is 12.0. The molecule has 1 rings (SSSR count). The van der Waals surface area contributed by atoms with E-state index in [0.29, 0.717) is 0 Å². The van der Waals surface area contributed by atoms with Crippen molar-refractivity contribution in [1.82, 2.24) is 0 Å². The van der Waals surface area contributed by atoms with Gasteiger partial charge in [-0.3, -0.25) is 15.0 Å². The predicted molar refractivity (Wildman–Crippen MR) is 86.9 cm³/mol. The zero-order chi connectivity index (χ0) is 20.2. The third kappa shape index (κ3) is 5.85. The third-order valence-corrected chi connectivity index (χ3v) is 3.56. The molecule has 0 aliphatic carbocycles. The van der Waals surface area contributed by atoms with Crippen molar-refractivity contribution < 1.29 is 43.2 Å². The van der Waals surface area contributed by atoms with E-state index in [1.165, 1.54) is 0 Å². The molecule has 1 aliphatic rings. The van der Waals surface area contributed by atoms with E-state index >= 15 is 0 Å². The summed E-state index contributed by atoms with van der Waals surface area (Å²) in [4.78, 5) is 34.7. The van der Waals surface area contributed by atoms with Crippen LogP contribution in [0.3, 0.4) is 0 Å². The molecule has 0 spiro atoms. The van der Waals surface area contributed by atoms with Gasteiger partial charge in [-0.05, 0) is 0 Å². The fraction of sp³-hybridized carbons (Fsp3) is 0.692. The topological polar surface area (TPSA) is 141 Å². The van der Waals surface area contributed by atoms with Crippen LogP contribution in [0.4, 0.5) is 0 Å². The van der Waals surface area contributed by atoms with Crippen molar-refractivity contribution >= 4 is 58.6 Å². The summed E-state index contributed by atoms with van der Waals surface area (Å²) < 4.78 is 22.3. The van der Waals surface area contributed by atoms with Gasteiger partial charge in [0.2, 0.25) is 12.2 Å². The second-order valence-electron chi connectivity index (χ2n) is 5.03. The van der Waals surface area contributed by atoms with Crippen LogP contribution in [0.5, 0.6) is 0 Å². The Bertz CT molecular complexity index is 580. The first-order valence-corrected chi connectivity index (χ1v) is 8.10. The summed E-state index contributed by atoms with van der Waals surface area (Å²) in [7, 11) is 1.03. The number of alkyl halides is 3. The normalized spacial score (nSPS) is 28.7. The zero-order valence-corrected chi connectivity index (χ0v) is 16.0. The Kier molecular flexibility index (Phi) is 7.90. The number of aliphatic hydroxyl groups excluding tert-OH is 1. The van der Waals surface area contributed by atoms with E-state index in [4.69, 9.17) is 59.2 Å². The van der Waals surface area contributed by atoms with E-state index in [9.17, 15) is 19.5 Å². The Labute approximate surface area is 163 Å². The highest BCUT2D eigenvalue weighted by Gasteiger charge is 2.54. The van der Waals surface area contributed by atoms with E-state index in [1.54, 1.807) is 0 Å². The lowest BCUT2D eigenvalue weighted by atomic mass is 9.98. The summed E-state index contributed by atoms with van der Waals surface area (Å²) in [5, 5.41) is 17.9. The standard InChI is InChI=1S/C13H16Cl3NO9/c1-4(18)23-7-6(20)11(26-12(17)13(14,15)16)25-9(10(21)22-3)8(7)24-5(2)19/h6-9,11,17,20H,1-3H3/t6-,7?,8-,9?,11-/m0/s1. The number of carbonyl (C=O) groups excluding carboxylic acids is 3. The van der Waals surface area contributed by atoms with Crippen LogP contribution in [-0.4, -0.2) is 70.5 Å². The summed E-state index contributed by atoms with van der Waals surface area (Å²) >= 11 is 16.5. The zero-order valence-electron chi connectivity index (χ0n) is 13.7. The van der Waals surface area contributed by atoms with Gasteiger partial charge >= 0.3 is 17.9 Å². The molecule has 1 saturated heterocycles. The fourth-order valence-corrected chi connectivity index (χ4v) is 2.19. The molecule has 0 aromatic rings. The lowest BCUT2D eigenvalue weighted by molar-refractivity contribution is -0.282. The third-order valence-electron chi connectivity index (χ3n) is 3.05. The Hall–Kier alpha value is -1.33. The van der Waals surface area contributed by atoms with Gasteiger partial charge < -0.3 is 28.8 Å². The Morgan fingerprint density at radius 3 is 1.96 bits per heavy atom. The molecule has 1 heterocycles. The molecule has 0 bridgehead atoms. The van der Waals surface area contributed by atoms with Crippen molar-refractivity contribution in [3.8, 4) is 0 Å². The summed E-state index contributed by atoms with van der Waals surface area (Å²) in [6.45, 7) is 2.06. The molecule has 2 N–H and O–H groups in total. The molecule has 0 aromatic carbocycles. The molecule has 5 atom stereocenters. The number of methoxy groups -OCH3 is 1. The molecule has 0 radical (unpaired) electrons. The molecule has 0 saturated carbocycles. The van der Waals surface area contributed by atoms with Crippen LogP contribution in [0, 0.1) is 5.41 Å². The lowest BCUT2D eigenvalue weighted by Gasteiger charge is -2.42. The highest BCUT2D eigenvalue weighted by molar-refractivity contribution is 6.76. The molecule has 0 amide bonds. The van der Waals surface area contributed by atoms with Crippen LogP contribution >= 0.6 is 34.8 Å². The average Bonchev–Trinajstić information content (AvgIpc) is 2.50. The van der Waals surface area contributed by atoms with Gasteiger partial charge in [0.05, 0.1) is 7.11 Å². The van der Waals surface area contributed by atoms with Gasteiger partial charge in [0.25, 0.3) is 3.79 Å². The van der Waals surface area contributed by atoms with Gasteiger partial charge in [-0.15, -0.1) is 0 Å². The molecule has 26 heavy (non-hydrogen) atoms. The van der Waals surface area contributed by atoms with E-state index in [1.807, 2.05) is 0 Å². The van der Waals surface area contributed by atoms with E-state index in [-0.39, 0.29) is 0 Å². The predicted octanol–water partition coefficient (Wildman–Crippen LogP) is 0.473. The van der Waals surface area contributed by atoms with Crippen molar-refractivity contribution in [3.05, 3.63) is 0 Å². The van der Waals surface area contributed by atoms with Gasteiger partial charge in [-0.1, -0.05) is 34.8 Å². The molecular formula is C13H16Cl3NO9. The summed E-state index contributed by atoms with van der Waals surface area (Å²) in [5.74, 6) is -3.64. The van der Waals surface area contributed by atoms with E-state index in [2.05, 4.69) is 4.74 Å². The number of rotatable bonds is 4. The van der Waals surface area contributed by atoms with Crippen LogP contribution < -0.4 is 0 Å². The van der Waals surface area contributed by atoms with Crippen molar-refractivity contribution in [1.29, 1.82) is 5.41 Å². The first-order chi connectivity index (χ1) is 11.9. The number of halogens is 3. The lowest BCUT2D eigenvalue weighted by Crippen LogP contribution is -2.63. The van der Waals surface area contributed by atoms with Crippen LogP contribution in [0.25, 0.3) is 0 Å². The first kappa shape index (κ1) is 22.7. The van der Waals surface area contributed by atoms with E-state index < -0.39 is 58.3 Å². The van der Waals surface area contributed by atoms with Gasteiger partial charge in [0.15, 0.2) is 24.4 Å². The maximum Gasteiger partial charge on any atom is 0.339 e. The van der Waals surface area contributed by atoms with Crippen molar-refractivity contribution in [2.45, 2.75) is 48.3 Å². The molecule has 1 aliphatic heterocycles.